The van der Waals surface area contributed by atoms with Crippen LogP contribution in [0.15, 0.2) is 30.5 Å². The standard InChI is InChI=1S/C10H11N3O2.CO2/c1-2-14-8-3-5-9(6-4-8)15-10-7-11-13-12-10;2-1-3/h3-7H,2H2,1H3,(H,11,12,13);. The number of rotatable bonds is 4. The lowest BCUT2D eigenvalue weighted by atomic mass is 10.3. The average Bonchev–Trinajstić information content (AvgIpc) is 2.86. The second-order valence-electron chi connectivity index (χ2n) is 2.90. The fraction of sp³-hybridized carbons (Fsp3) is 0.182. The molecule has 18 heavy (non-hydrogen) atoms. The minimum atomic E-state index is 0.250. The topological polar surface area (TPSA) is 94.2 Å². The zero-order valence-electron chi connectivity index (χ0n) is 9.62. The van der Waals surface area contributed by atoms with E-state index in [0.29, 0.717) is 18.2 Å². The zero-order chi connectivity index (χ0) is 13.2. The molecule has 0 saturated heterocycles. The minimum absolute atomic E-state index is 0.250. The third-order valence-electron chi connectivity index (χ3n) is 1.75. The van der Waals surface area contributed by atoms with Crippen LogP contribution < -0.4 is 9.47 Å². The lowest BCUT2D eigenvalue weighted by Crippen LogP contribution is -1.91. The minimum Gasteiger partial charge on any atom is -0.494 e. The van der Waals surface area contributed by atoms with Crippen LogP contribution >= 0.6 is 0 Å². The van der Waals surface area contributed by atoms with Gasteiger partial charge in [-0.05, 0) is 31.2 Å². The van der Waals surface area contributed by atoms with Crippen molar-refractivity contribution in [2.75, 3.05) is 6.61 Å². The predicted molar refractivity (Wildman–Crippen MR) is 59.1 cm³/mol. The van der Waals surface area contributed by atoms with Gasteiger partial charge in [0.15, 0.2) is 0 Å². The molecule has 0 amide bonds. The van der Waals surface area contributed by atoms with Crippen LogP contribution in [0.2, 0.25) is 0 Å². The fourth-order valence-electron chi connectivity index (χ4n) is 1.13. The second-order valence-corrected chi connectivity index (χ2v) is 2.90. The molecule has 0 aliphatic rings. The number of hydrogen-bond donors (Lipinski definition) is 1. The highest BCUT2D eigenvalue weighted by Crippen LogP contribution is 2.21. The molecule has 2 aromatic rings. The van der Waals surface area contributed by atoms with E-state index in [-0.39, 0.29) is 6.15 Å². The van der Waals surface area contributed by atoms with Crippen LogP contribution in [0.25, 0.3) is 0 Å². The second kappa shape index (κ2) is 7.59. The van der Waals surface area contributed by atoms with Gasteiger partial charge in [0.25, 0.3) is 5.88 Å². The van der Waals surface area contributed by atoms with Crippen LogP contribution in [-0.2, 0) is 9.59 Å². The van der Waals surface area contributed by atoms with Crippen LogP contribution in [0.3, 0.4) is 0 Å². The maximum Gasteiger partial charge on any atom is 0.373 e. The van der Waals surface area contributed by atoms with Crippen molar-refractivity contribution in [3.63, 3.8) is 0 Å². The van der Waals surface area contributed by atoms with Crippen LogP contribution in [0.5, 0.6) is 17.4 Å². The highest BCUT2D eigenvalue weighted by atomic mass is 16.5. The Hall–Kier alpha value is -2.66. The number of H-pyrrole nitrogens is 1. The molecular formula is C11H11N3O4. The molecule has 1 heterocycles. The molecular weight excluding hydrogens is 238 g/mol. The molecule has 0 bridgehead atoms. The monoisotopic (exact) mass is 249 g/mol. The van der Waals surface area contributed by atoms with Crippen molar-refractivity contribution in [3.05, 3.63) is 30.5 Å². The maximum atomic E-state index is 8.12. The molecule has 7 heteroatoms. The van der Waals surface area contributed by atoms with Crippen LogP contribution in [0, 0.1) is 0 Å². The molecule has 0 fully saturated rings. The van der Waals surface area contributed by atoms with Gasteiger partial charge in [0.2, 0.25) is 0 Å². The Morgan fingerprint density at radius 1 is 1.22 bits per heavy atom. The number of aromatic amines is 1. The number of hydrogen-bond acceptors (Lipinski definition) is 6. The Morgan fingerprint density at radius 2 is 1.83 bits per heavy atom. The average molecular weight is 249 g/mol. The summed E-state index contributed by atoms with van der Waals surface area (Å²) in [7, 11) is 0. The van der Waals surface area contributed by atoms with Gasteiger partial charge in [-0.15, -0.1) is 5.10 Å². The first-order valence-electron chi connectivity index (χ1n) is 5.06. The Morgan fingerprint density at radius 3 is 2.33 bits per heavy atom. The van der Waals surface area contributed by atoms with Crippen LogP contribution in [0.1, 0.15) is 6.92 Å². The molecule has 0 spiro atoms. The van der Waals surface area contributed by atoms with E-state index in [9.17, 15) is 0 Å². The summed E-state index contributed by atoms with van der Waals surface area (Å²) in [5, 5.41) is 9.89. The van der Waals surface area contributed by atoms with Gasteiger partial charge >= 0.3 is 6.15 Å². The first-order chi connectivity index (χ1) is 8.80. The van der Waals surface area contributed by atoms with E-state index >= 15 is 0 Å². The summed E-state index contributed by atoms with van der Waals surface area (Å²) in [5.41, 5.74) is 0. The van der Waals surface area contributed by atoms with E-state index in [1.54, 1.807) is 0 Å². The van der Waals surface area contributed by atoms with Crippen LogP contribution in [-0.4, -0.2) is 28.2 Å². The molecule has 0 aliphatic heterocycles. The predicted octanol–water partition coefficient (Wildman–Crippen LogP) is 1.41. The lowest BCUT2D eigenvalue weighted by molar-refractivity contribution is -0.191. The number of ether oxygens (including phenoxy) is 2. The molecule has 1 aromatic carbocycles. The number of benzene rings is 1. The summed E-state index contributed by atoms with van der Waals surface area (Å²) in [4.78, 5) is 16.2. The molecule has 1 aromatic heterocycles. The maximum absolute atomic E-state index is 8.12. The molecule has 0 aliphatic carbocycles. The Labute approximate surface area is 103 Å². The van der Waals surface area contributed by atoms with E-state index in [4.69, 9.17) is 19.1 Å². The molecule has 0 unspecified atom stereocenters. The smallest absolute Gasteiger partial charge is 0.373 e. The molecule has 7 nitrogen and oxygen atoms in total. The van der Waals surface area contributed by atoms with E-state index in [2.05, 4.69) is 15.4 Å². The largest absolute Gasteiger partial charge is 0.494 e. The number of nitrogens with zero attached hydrogens (tertiary/aromatic N) is 2. The van der Waals surface area contributed by atoms with Crippen molar-refractivity contribution in [1.82, 2.24) is 15.4 Å². The first kappa shape index (κ1) is 13.4. The molecule has 0 atom stereocenters. The molecule has 2 rings (SSSR count). The summed E-state index contributed by atoms with van der Waals surface area (Å²) in [5.74, 6) is 1.97. The lowest BCUT2D eigenvalue weighted by Gasteiger charge is -2.04. The summed E-state index contributed by atoms with van der Waals surface area (Å²) in [6, 6.07) is 7.33. The number of nitrogens with one attached hydrogen (secondary N) is 1. The Bertz CT molecular complexity index is 475. The van der Waals surface area contributed by atoms with Crippen molar-refractivity contribution >= 4 is 6.15 Å². The van der Waals surface area contributed by atoms with E-state index in [0.717, 1.165) is 5.75 Å². The van der Waals surface area contributed by atoms with Crippen molar-refractivity contribution in [1.29, 1.82) is 0 Å². The van der Waals surface area contributed by atoms with E-state index in [1.165, 1.54) is 6.20 Å². The molecule has 0 saturated carbocycles. The van der Waals surface area contributed by atoms with Gasteiger partial charge in [-0.3, -0.25) is 0 Å². The highest BCUT2D eigenvalue weighted by Gasteiger charge is 1.99. The fourth-order valence-corrected chi connectivity index (χ4v) is 1.13. The van der Waals surface area contributed by atoms with Gasteiger partial charge in [0.05, 0.1) is 6.61 Å². The van der Waals surface area contributed by atoms with Gasteiger partial charge in [0.1, 0.15) is 17.7 Å². The van der Waals surface area contributed by atoms with E-state index in [1.807, 2.05) is 31.2 Å². The first-order valence-corrected chi connectivity index (χ1v) is 5.06. The number of aromatic nitrogens is 3. The zero-order valence-corrected chi connectivity index (χ0v) is 9.62. The quantitative estimate of drug-likeness (QED) is 0.880. The van der Waals surface area contributed by atoms with Gasteiger partial charge in [-0.1, -0.05) is 0 Å². The summed E-state index contributed by atoms with van der Waals surface area (Å²) < 4.78 is 10.7. The van der Waals surface area contributed by atoms with Gasteiger partial charge in [-0.2, -0.15) is 19.9 Å². The Kier molecular flexibility index (Phi) is 5.65. The normalized spacial score (nSPS) is 8.72. The molecule has 1 N–H and O–H groups in total. The summed E-state index contributed by atoms with van der Waals surface area (Å²) >= 11 is 0. The van der Waals surface area contributed by atoms with E-state index < -0.39 is 0 Å². The molecule has 0 radical (unpaired) electrons. The third-order valence-corrected chi connectivity index (χ3v) is 1.75. The van der Waals surface area contributed by atoms with Crippen LogP contribution in [0.4, 0.5) is 0 Å². The summed E-state index contributed by atoms with van der Waals surface area (Å²) in [6.45, 7) is 2.60. The molecule has 94 valence electrons. The van der Waals surface area contributed by atoms with Crippen molar-refractivity contribution in [2.24, 2.45) is 0 Å². The third kappa shape index (κ3) is 4.46. The van der Waals surface area contributed by atoms with Gasteiger partial charge in [0, 0.05) is 0 Å². The van der Waals surface area contributed by atoms with Crippen molar-refractivity contribution in [3.8, 4) is 17.4 Å². The van der Waals surface area contributed by atoms with Crippen molar-refractivity contribution < 1.29 is 19.1 Å². The highest BCUT2D eigenvalue weighted by molar-refractivity contribution is 5.32. The summed E-state index contributed by atoms with van der Waals surface area (Å²) in [6.07, 6.45) is 1.76. The number of carbonyl (C=O) groups excluding carboxylic acids is 2. The van der Waals surface area contributed by atoms with Crippen molar-refractivity contribution in [2.45, 2.75) is 6.92 Å². The Balaban J connectivity index is 0.000000492. The van der Waals surface area contributed by atoms with Gasteiger partial charge < -0.3 is 9.47 Å². The van der Waals surface area contributed by atoms with Gasteiger partial charge in [-0.25, -0.2) is 0 Å². The SMILES string of the molecule is CCOc1ccc(Oc2cn[nH]n2)cc1.O=C=O.